The second-order valence-corrected chi connectivity index (χ2v) is 6.54. The van der Waals surface area contributed by atoms with E-state index in [-0.39, 0.29) is 0 Å². The second kappa shape index (κ2) is 8.55. The molecule has 1 nitrogen and oxygen atoms in total. The van der Waals surface area contributed by atoms with Crippen LogP contribution >= 0.6 is 0 Å². The quantitative estimate of drug-likeness (QED) is 0.361. The molecular weight excluding hydrogens is 326 g/mol. The van der Waals surface area contributed by atoms with Gasteiger partial charge in [0.15, 0.2) is 0 Å². The van der Waals surface area contributed by atoms with Crippen molar-refractivity contribution in [2.45, 2.75) is 27.7 Å². The zero-order chi connectivity index (χ0) is 19.2. The van der Waals surface area contributed by atoms with Crippen molar-refractivity contribution in [1.82, 2.24) is 0 Å². The molecule has 0 aliphatic carbocycles. The molecule has 0 spiro atoms. The number of hydrogen-bond donors (Lipinski definition) is 0. The molecule has 4 aromatic rings. The number of aryl methyl sites for hydroxylation is 2. The molecule has 4 aromatic carbocycles. The summed E-state index contributed by atoms with van der Waals surface area (Å²) in [4.78, 5) is 2.30. The minimum atomic E-state index is 1.16. The molecule has 0 bridgehead atoms. The van der Waals surface area contributed by atoms with E-state index in [2.05, 4.69) is 110 Å². The van der Waals surface area contributed by atoms with Crippen LogP contribution in [0, 0.1) is 13.8 Å². The van der Waals surface area contributed by atoms with Crippen LogP contribution in [0.4, 0.5) is 17.1 Å². The molecule has 136 valence electrons. The Hall–Kier alpha value is -3.06. The highest BCUT2D eigenvalue weighted by molar-refractivity contribution is 5.89. The highest BCUT2D eigenvalue weighted by Crippen LogP contribution is 2.35. The second-order valence-electron chi connectivity index (χ2n) is 6.54. The predicted octanol–water partition coefficient (Wildman–Crippen LogP) is 7.95. The normalized spacial score (nSPS) is 10.2. The van der Waals surface area contributed by atoms with E-state index in [4.69, 9.17) is 0 Å². The molecule has 0 heterocycles. The molecule has 0 N–H and O–H groups in total. The first kappa shape index (κ1) is 18.7. The highest BCUT2D eigenvalue weighted by atomic mass is 15.1. The SMILES string of the molecule is CC.Cc1ccc(N(c2ccccc2)c2ccc3cc(C)ccc3c2)cc1. The first-order chi connectivity index (χ1) is 13.2. The van der Waals surface area contributed by atoms with Gasteiger partial charge in [0.1, 0.15) is 0 Å². The summed E-state index contributed by atoms with van der Waals surface area (Å²) in [6.07, 6.45) is 0. The molecule has 4 rings (SSSR count). The minimum Gasteiger partial charge on any atom is -0.310 e. The van der Waals surface area contributed by atoms with E-state index in [0.29, 0.717) is 0 Å². The summed E-state index contributed by atoms with van der Waals surface area (Å²) in [5.74, 6) is 0. The molecule has 0 fully saturated rings. The van der Waals surface area contributed by atoms with Gasteiger partial charge in [-0.2, -0.15) is 0 Å². The number of anilines is 3. The minimum absolute atomic E-state index is 1.16. The topological polar surface area (TPSA) is 3.24 Å². The van der Waals surface area contributed by atoms with Gasteiger partial charge in [0.05, 0.1) is 0 Å². The fourth-order valence-corrected chi connectivity index (χ4v) is 3.21. The van der Waals surface area contributed by atoms with Gasteiger partial charge in [-0.1, -0.05) is 79.6 Å². The number of hydrogen-bond acceptors (Lipinski definition) is 1. The number of benzene rings is 4. The Kier molecular flexibility index (Phi) is 5.93. The van der Waals surface area contributed by atoms with Crippen molar-refractivity contribution in [1.29, 1.82) is 0 Å². The molecule has 0 amide bonds. The van der Waals surface area contributed by atoms with Gasteiger partial charge in [0, 0.05) is 17.1 Å². The maximum absolute atomic E-state index is 2.30. The molecule has 0 unspecified atom stereocenters. The van der Waals surface area contributed by atoms with E-state index in [0.717, 1.165) is 5.69 Å². The predicted molar refractivity (Wildman–Crippen MR) is 119 cm³/mol. The summed E-state index contributed by atoms with van der Waals surface area (Å²) in [6, 6.07) is 32.5. The monoisotopic (exact) mass is 353 g/mol. The summed E-state index contributed by atoms with van der Waals surface area (Å²) < 4.78 is 0. The lowest BCUT2D eigenvalue weighted by atomic mass is 10.1. The number of rotatable bonds is 3. The van der Waals surface area contributed by atoms with E-state index in [1.54, 1.807) is 0 Å². The molecule has 27 heavy (non-hydrogen) atoms. The molecule has 0 saturated heterocycles. The number of fused-ring (bicyclic) bond motifs is 1. The lowest BCUT2D eigenvalue weighted by Crippen LogP contribution is -2.09. The Morgan fingerprint density at radius 3 is 1.70 bits per heavy atom. The Balaban J connectivity index is 0.00000102. The van der Waals surface area contributed by atoms with Gasteiger partial charge in [-0.25, -0.2) is 0 Å². The largest absolute Gasteiger partial charge is 0.310 e. The van der Waals surface area contributed by atoms with Crippen molar-refractivity contribution in [3.05, 3.63) is 102 Å². The standard InChI is InChI=1S/C24H21N.C2H6/c1-18-9-13-23(14-10-18)25(22-6-4-3-5-7-22)24-15-12-20-16-19(2)8-11-21(20)17-24;1-2/h3-17H,1-2H3;1-2H3. The highest BCUT2D eigenvalue weighted by Gasteiger charge is 2.12. The van der Waals surface area contributed by atoms with Crippen molar-refractivity contribution < 1.29 is 0 Å². The van der Waals surface area contributed by atoms with Crippen molar-refractivity contribution in [2.24, 2.45) is 0 Å². The van der Waals surface area contributed by atoms with Gasteiger partial charge in [0.25, 0.3) is 0 Å². The van der Waals surface area contributed by atoms with Crippen LogP contribution in [0.5, 0.6) is 0 Å². The van der Waals surface area contributed by atoms with Crippen LogP contribution in [0.2, 0.25) is 0 Å². The number of nitrogens with zero attached hydrogens (tertiary/aromatic N) is 1. The third kappa shape index (κ3) is 4.20. The van der Waals surface area contributed by atoms with Crippen molar-refractivity contribution in [2.75, 3.05) is 4.90 Å². The van der Waals surface area contributed by atoms with E-state index >= 15 is 0 Å². The first-order valence-corrected chi connectivity index (χ1v) is 9.63. The molecule has 0 atom stereocenters. The Morgan fingerprint density at radius 1 is 0.481 bits per heavy atom. The lowest BCUT2D eigenvalue weighted by molar-refractivity contribution is 1.28. The Labute approximate surface area is 162 Å². The van der Waals surface area contributed by atoms with E-state index in [1.165, 1.54) is 33.3 Å². The van der Waals surface area contributed by atoms with Gasteiger partial charge in [-0.15, -0.1) is 0 Å². The molecule has 1 heteroatoms. The maximum atomic E-state index is 2.30. The van der Waals surface area contributed by atoms with Crippen molar-refractivity contribution in [3.63, 3.8) is 0 Å². The van der Waals surface area contributed by atoms with Gasteiger partial charge in [-0.3, -0.25) is 0 Å². The zero-order valence-corrected chi connectivity index (χ0v) is 16.6. The van der Waals surface area contributed by atoms with Crippen LogP contribution in [0.15, 0.2) is 91.0 Å². The third-order valence-corrected chi connectivity index (χ3v) is 4.54. The average Bonchev–Trinajstić information content (AvgIpc) is 2.72. The van der Waals surface area contributed by atoms with Crippen LogP contribution in [0.3, 0.4) is 0 Å². The Morgan fingerprint density at radius 2 is 1.00 bits per heavy atom. The van der Waals surface area contributed by atoms with E-state index in [1.807, 2.05) is 13.8 Å². The fraction of sp³-hybridized carbons (Fsp3) is 0.154. The summed E-state index contributed by atoms with van der Waals surface area (Å²) in [5, 5.41) is 2.54. The molecule has 0 saturated carbocycles. The smallest absolute Gasteiger partial charge is 0.0468 e. The molecule has 0 aliphatic heterocycles. The van der Waals surface area contributed by atoms with Crippen molar-refractivity contribution in [3.8, 4) is 0 Å². The summed E-state index contributed by atoms with van der Waals surface area (Å²) >= 11 is 0. The molecular formula is C26H27N. The van der Waals surface area contributed by atoms with Crippen LogP contribution in [-0.2, 0) is 0 Å². The fourth-order valence-electron chi connectivity index (χ4n) is 3.21. The Bertz CT molecular complexity index is 1000. The molecule has 0 aliphatic rings. The summed E-state index contributed by atoms with van der Waals surface area (Å²) in [5.41, 5.74) is 6.07. The van der Waals surface area contributed by atoms with Crippen LogP contribution in [-0.4, -0.2) is 0 Å². The molecule has 0 aromatic heterocycles. The summed E-state index contributed by atoms with van der Waals surface area (Å²) in [6.45, 7) is 8.25. The van der Waals surface area contributed by atoms with Crippen LogP contribution < -0.4 is 4.90 Å². The lowest BCUT2D eigenvalue weighted by Gasteiger charge is -2.26. The zero-order valence-electron chi connectivity index (χ0n) is 16.6. The van der Waals surface area contributed by atoms with Gasteiger partial charge >= 0.3 is 0 Å². The van der Waals surface area contributed by atoms with Crippen LogP contribution in [0.1, 0.15) is 25.0 Å². The van der Waals surface area contributed by atoms with Crippen LogP contribution in [0.25, 0.3) is 10.8 Å². The summed E-state index contributed by atoms with van der Waals surface area (Å²) in [7, 11) is 0. The van der Waals surface area contributed by atoms with Crippen molar-refractivity contribution >= 4 is 27.8 Å². The first-order valence-electron chi connectivity index (χ1n) is 9.63. The molecule has 0 radical (unpaired) electrons. The van der Waals surface area contributed by atoms with E-state index in [9.17, 15) is 0 Å². The van der Waals surface area contributed by atoms with Gasteiger partial charge in [0.2, 0.25) is 0 Å². The number of para-hydroxylation sites is 1. The average molecular weight is 354 g/mol. The maximum Gasteiger partial charge on any atom is 0.0468 e. The van der Waals surface area contributed by atoms with Gasteiger partial charge in [-0.05, 0) is 61.0 Å². The van der Waals surface area contributed by atoms with Gasteiger partial charge < -0.3 is 4.90 Å². The van der Waals surface area contributed by atoms with E-state index < -0.39 is 0 Å². The third-order valence-electron chi connectivity index (χ3n) is 4.54.